The predicted molar refractivity (Wildman–Crippen MR) is 264 cm³/mol. The first-order chi connectivity index (χ1) is 30.0. The fourth-order valence-electron chi connectivity index (χ4n) is 7.71. The number of hydrogen-bond acceptors (Lipinski definition) is 5. The highest BCUT2D eigenvalue weighted by atomic mass is 16.5. The minimum absolute atomic E-state index is 0.00883. The zero-order valence-corrected chi connectivity index (χ0v) is 40.4. The lowest BCUT2D eigenvalue weighted by Gasteiger charge is -2.20. The third-order valence-corrected chi connectivity index (χ3v) is 11.8. The summed E-state index contributed by atoms with van der Waals surface area (Å²) in [5.74, 6) is -0.0981. The third kappa shape index (κ3) is 47.1. The summed E-state index contributed by atoms with van der Waals surface area (Å²) in [7, 11) is 0. The highest BCUT2D eigenvalue weighted by Gasteiger charge is 2.18. The van der Waals surface area contributed by atoms with Crippen molar-refractivity contribution < 1.29 is 24.5 Å². The third-order valence-electron chi connectivity index (χ3n) is 11.8. The molecule has 0 rings (SSSR count). The van der Waals surface area contributed by atoms with Gasteiger partial charge in [0.05, 0.1) is 25.4 Å². The molecule has 0 heterocycles. The Bertz CT molecular complexity index is 1040. The van der Waals surface area contributed by atoms with Gasteiger partial charge in [0.1, 0.15) is 0 Å². The number of nitrogens with one attached hydrogen (secondary N) is 1. The van der Waals surface area contributed by atoms with Crippen molar-refractivity contribution >= 4 is 11.9 Å². The Morgan fingerprint density at radius 1 is 0.459 bits per heavy atom. The topological polar surface area (TPSA) is 95.9 Å². The molecule has 0 fully saturated rings. The van der Waals surface area contributed by atoms with Crippen molar-refractivity contribution in [2.24, 2.45) is 0 Å². The lowest BCUT2D eigenvalue weighted by molar-refractivity contribution is -0.143. The van der Waals surface area contributed by atoms with Crippen molar-refractivity contribution in [3.8, 4) is 0 Å². The summed E-state index contributed by atoms with van der Waals surface area (Å²) < 4.78 is 5.47. The van der Waals surface area contributed by atoms with E-state index in [9.17, 15) is 19.8 Å². The van der Waals surface area contributed by atoms with Crippen molar-refractivity contribution in [2.45, 2.75) is 276 Å². The number of aliphatic hydroxyl groups excluding tert-OH is 2. The summed E-state index contributed by atoms with van der Waals surface area (Å²) in [5, 5.41) is 22.9. The highest BCUT2D eigenvalue weighted by Crippen LogP contribution is 2.14. The van der Waals surface area contributed by atoms with Crippen LogP contribution in [-0.4, -0.2) is 47.4 Å². The number of amides is 1. The molecule has 2 atom stereocenters. The Morgan fingerprint density at radius 3 is 1.30 bits per heavy atom. The van der Waals surface area contributed by atoms with E-state index in [4.69, 9.17) is 4.74 Å². The van der Waals surface area contributed by atoms with E-state index in [1.54, 1.807) is 6.08 Å². The molecule has 0 aromatic rings. The second-order valence-electron chi connectivity index (χ2n) is 17.8. The zero-order chi connectivity index (χ0) is 44.4. The Kier molecular flexibility index (Phi) is 48.7. The average Bonchev–Trinajstić information content (AvgIpc) is 3.26. The summed E-state index contributed by atoms with van der Waals surface area (Å²) in [6, 6.07) is -0.639. The number of aliphatic hydroxyl groups is 2. The maximum atomic E-state index is 12.4. The van der Waals surface area contributed by atoms with E-state index in [-0.39, 0.29) is 18.5 Å². The monoisotopic (exact) mass is 856 g/mol. The number of ether oxygens (including phenoxy) is 1. The normalized spacial score (nSPS) is 13.0. The minimum Gasteiger partial charge on any atom is -0.466 e. The van der Waals surface area contributed by atoms with Crippen LogP contribution in [0, 0.1) is 0 Å². The van der Waals surface area contributed by atoms with Crippen LogP contribution >= 0.6 is 0 Å². The van der Waals surface area contributed by atoms with Crippen molar-refractivity contribution in [1.29, 1.82) is 0 Å². The molecule has 0 aromatic carbocycles. The Balaban J connectivity index is 3.45. The SMILES string of the molecule is CCCCC/C=C\C/C=C\CCCCCCCCCCCC(=O)OCCCCCCCCC/C=C\CCCCCCCC(=O)NC(CO)C(O)/C=C/CCCCCCCCC. The van der Waals surface area contributed by atoms with Gasteiger partial charge in [0, 0.05) is 12.8 Å². The molecule has 1 amide bonds. The second kappa shape index (κ2) is 50.5. The van der Waals surface area contributed by atoms with Gasteiger partial charge in [-0.3, -0.25) is 9.59 Å². The lowest BCUT2D eigenvalue weighted by Crippen LogP contribution is -2.45. The van der Waals surface area contributed by atoms with Crippen molar-refractivity contribution in [1.82, 2.24) is 5.32 Å². The molecular formula is C55H101NO5. The quantitative estimate of drug-likeness (QED) is 0.0322. The van der Waals surface area contributed by atoms with Gasteiger partial charge in [0.15, 0.2) is 0 Å². The Hall–Kier alpha value is -2.18. The van der Waals surface area contributed by atoms with Crippen molar-refractivity contribution in [3.63, 3.8) is 0 Å². The van der Waals surface area contributed by atoms with E-state index in [1.807, 2.05) is 6.08 Å². The van der Waals surface area contributed by atoms with Gasteiger partial charge in [-0.2, -0.15) is 0 Å². The molecule has 0 aliphatic carbocycles. The van der Waals surface area contributed by atoms with Gasteiger partial charge in [-0.05, 0) is 89.9 Å². The fourth-order valence-corrected chi connectivity index (χ4v) is 7.71. The molecule has 356 valence electrons. The van der Waals surface area contributed by atoms with Crippen LogP contribution in [-0.2, 0) is 14.3 Å². The number of carbonyl (C=O) groups excluding carboxylic acids is 2. The molecule has 2 unspecified atom stereocenters. The van der Waals surface area contributed by atoms with Crippen molar-refractivity contribution in [3.05, 3.63) is 48.6 Å². The number of rotatable bonds is 48. The predicted octanol–water partition coefficient (Wildman–Crippen LogP) is 15.8. The van der Waals surface area contributed by atoms with E-state index in [0.717, 1.165) is 70.6 Å². The maximum absolute atomic E-state index is 12.4. The largest absolute Gasteiger partial charge is 0.466 e. The van der Waals surface area contributed by atoms with Crippen LogP contribution in [0.2, 0.25) is 0 Å². The first-order valence-electron chi connectivity index (χ1n) is 26.4. The molecular weight excluding hydrogens is 755 g/mol. The first-order valence-corrected chi connectivity index (χ1v) is 26.4. The van der Waals surface area contributed by atoms with Crippen LogP contribution in [0.25, 0.3) is 0 Å². The van der Waals surface area contributed by atoms with Crippen LogP contribution in [0.15, 0.2) is 48.6 Å². The molecule has 6 nitrogen and oxygen atoms in total. The summed E-state index contributed by atoms with van der Waals surface area (Å²) in [4.78, 5) is 24.4. The van der Waals surface area contributed by atoms with E-state index in [2.05, 4.69) is 55.6 Å². The Morgan fingerprint density at radius 2 is 0.820 bits per heavy atom. The summed E-state index contributed by atoms with van der Waals surface area (Å²) >= 11 is 0. The smallest absolute Gasteiger partial charge is 0.305 e. The van der Waals surface area contributed by atoms with E-state index >= 15 is 0 Å². The summed E-state index contributed by atoms with van der Waals surface area (Å²) in [5.41, 5.74) is 0. The van der Waals surface area contributed by atoms with Crippen LogP contribution < -0.4 is 5.32 Å². The van der Waals surface area contributed by atoms with Crippen LogP contribution in [0.5, 0.6) is 0 Å². The molecule has 0 bridgehead atoms. The molecule has 0 aliphatic rings. The highest BCUT2D eigenvalue weighted by molar-refractivity contribution is 5.76. The van der Waals surface area contributed by atoms with Gasteiger partial charge in [0.25, 0.3) is 0 Å². The molecule has 6 heteroatoms. The molecule has 0 saturated heterocycles. The van der Waals surface area contributed by atoms with Crippen LogP contribution in [0.4, 0.5) is 0 Å². The molecule has 0 aliphatic heterocycles. The van der Waals surface area contributed by atoms with Crippen LogP contribution in [0.3, 0.4) is 0 Å². The molecule has 3 N–H and O–H groups in total. The van der Waals surface area contributed by atoms with E-state index in [1.165, 1.54) is 167 Å². The average molecular weight is 856 g/mol. The van der Waals surface area contributed by atoms with Gasteiger partial charge in [-0.15, -0.1) is 0 Å². The lowest BCUT2D eigenvalue weighted by atomic mass is 10.1. The number of unbranched alkanes of at least 4 members (excludes halogenated alkanes) is 31. The first kappa shape index (κ1) is 58.8. The molecule has 0 radical (unpaired) electrons. The zero-order valence-electron chi connectivity index (χ0n) is 40.4. The molecule has 0 aromatic heterocycles. The summed E-state index contributed by atoms with van der Waals surface area (Å²) in [6.45, 7) is 4.81. The van der Waals surface area contributed by atoms with Crippen molar-refractivity contribution in [2.75, 3.05) is 13.2 Å². The Labute approximate surface area is 378 Å². The minimum atomic E-state index is -0.853. The number of allylic oxidation sites excluding steroid dienone is 7. The van der Waals surface area contributed by atoms with Gasteiger partial charge in [-0.25, -0.2) is 0 Å². The number of carbonyl (C=O) groups is 2. The fraction of sp³-hybridized carbons (Fsp3) is 0.818. The number of hydrogen-bond donors (Lipinski definition) is 3. The van der Waals surface area contributed by atoms with E-state index < -0.39 is 12.1 Å². The maximum Gasteiger partial charge on any atom is 0.305 e. The van der Waals surface area contributed by atoms with E-state index in [0.29, 0.717) is 19.4 Å². The van der Waals surface area contributed by atoms with Gasteiger partial charge in [0.2, 0.25) is 5.91 Å². The second-order valence-corrected chi connectivity index (χ2v) is 17.8. The molecule has 0 spiro atoms. The standard InChI is InChI=1S/C55H101NO5/c1-3-5-7-9-11-13-14-15-16-17-18-19-23-26-29-33-37-41-45-49-55(60)61-50-46-42-38-34-30-27-24-21-20-22-25-28-32-36-40-44-48-54(59)56-52(51-57)53(58)47-43-39-35-31-12-10-8-6-4-2/h11,13,15-16,20,22,43,47,52-53,57-58H,3-10,12,14,17-19,21,23-42,44-46,48-51H2,1-2H3,(H,56,59)/b13-11-,16-15-,22-20-,47-43+. The van der Waals surface area contributed by atoms with Crippen LogP contribution in [0.1, 0.15) is 264 Å². The summed E-state index contributed by atoms with van der Waals surface area (Å²) in [6.07, 6.45) is 62.6. The van der Waals surface area contributed by atoms with Gasteiger partial charge < -0.3 is 20.3 Å². The van der Waals surface area contributed by atoms with Gasteiger partial charge in [-0.1, -0.05) is 210 Å². The number of esters is 1. The molecule has 61 heavy (non-hydrogen) atoms. The molecule has 0 saturated carbocycles. The van der Waals surface area contributed by atoms with Gasteiger partial charge >= 0.3 is 5.97 Å².